The summed E-state index contributed by atoms with van der Waals surface area (Å²) in [6.07, 6.45) is 7.03. The van der Waals surface area contributed by atoms with Crippen LogP contribution in [0.4, 0.5) is 21.6 Å². The third kappa shape index (κ3) is 3.97. The maximum atomic E-state index is 14.6. The molecule has 150 valence electrons. The number of anilines is 3. The van der Waals surface area contributed by atoms with Crippen LogP contribution in [0.2, 0.25) is 0 Å². The summed E-state index contributed by atoms with van der Waals surface area (Å²) in [5, 5.41) is 6.94. The second-order valence-electron chi connectivity index (χ2n) is 7.30. The van der Waals surface area contributed by atoms with Crippen LogP contribution >= 0.6 is 0 Å². The van der Waals surface area contributed by atoms with Crippen molar-refractivity contribution in [2.75, 3.05) is 10.6 Å². The highest BCUT2D eigenvalue weighted by molar-refractivity contribution is 5.99. The number of carbonyl (C=O) groups excluding carboxylic acids is 1. The van der Waals surface area contributed by atoms with Gasteiger partial charge in [-0.2, -0.15) is 0 Å². The van der Waals surface area contributed by atoms with Crippen molar-refractivity contribution in [2.24, 2.45) is 11.5 Å². The molecule has 1 amide bonds. The number of aromatic nitrogens is 2. The standard InChI is InChI=1S/C21H23FN6O/c22-14-7-9-25-17-10-12(27-21-13(20(24)29)4-3-8-26-21)11-18(19(14)17)28-16-6-2-1-5-15(16)23/h3-4,7-11,15-16,28H,1-2,5-6,23H2,(H2,24,29)(H,26,27). The highest BCUT2D eigenvalue weighted by Gasteiger charge is 2.23. The minimum Gasteiger partial charge on any atom is -0.380 e. The number of nitrogens with zero attached hydrogens (tertiary/aromatic N) is 2. The number of benzene rings is 1. The Morgan fingerprint density at radius 3 is 2.76 bits per heavy atom. The largest absolute Gasteiger partial charge is 0.380 e. The second-order valence-corrected chi connectivity index (χ2v) is 7.30. The van der Waals surface area contributed by atoms with E-state index in [4.69, 9.17) is 11.5 Å². The Morgan fingerprint density at radius 2 is 1.97 bits per heavy atom. The number of primary amides is 1. The van der Waals surface area contributed by atoms with E-state index in [0.29, 0.717) is 28.1 Å². The fourth-order valence-corrected chi connectivity index (χ4v) is 3.81. The molecule has 1 fully saturated rings. The Bertz CT molecular complexity index is 1060. The first-order valence-electron chi connectivity index (χ1n) is 9.65. The van der Waals surface area contributed by atoms with Crippen LogP contribution in [0.3, 0.4) is 0 Å². The van der Waals surface area contributed by atoms with Gasteiger partial charge in [-0.15, -0.1) is 0 Å². The van der Waals surface area contributed by atoms with Crippen LogP contribution in [0.15, 0.2) is 42.7 Å². The fraction of sp³-hybridized carbons (Fsp3) is 0.286. The Labute approximate surface area is 167 Å². The molecule has 2 atom stereocenters. The molecule has 1 aliphatic carbocycles. The number of fused-ring (bicyclic) bond motifs is 1. The van der Waals surface area contributed by atoms with Crippen LogP contribution in [0.25, 0.3) is 10.9 Å². The Morgan fingerprint density at radius 1 is 1.14 bits per heavy atom. The number of halogens is 1. The fourth-order valence-electron chi connectivity index (χ4n) is 3.81. The smallest absolute Gasteiger partial charge is 0.252 e. The number of carbonyl (C=O) groups is 1. The highest BCUT2D eigenvalue weighted by Crippen LogP contribution is 2.32. The van der Waals surface area contributed by atoms with Gasteiger partial charge in [-0.05, 0) is 43.2 Å². The molecule has 2 aromatic heterocycles. The van der Waals surface area contributed by atoms with Crippen molar-refractivity contribution in [3.8, 4) is 0 Å². The molecule has 1 aliphatic rings. The zero-order chi connectivity index (χ0) is 20.4. The monoisotopic (exact) mass is 394 g/mol. The van der Waals surface area contributed by atoms with Gasteiger partial charge in [0.1, 0.15) is 11.6 Å². The van der Waals surface area contributed by atoms with E-state index < -0.39 is 5.91 Å². The molecule has 2 heterocycles. The molecule has 1 saturated carbocycles. The van der Waals surface area contributed by atoms with Gasteiger partial charge in [0, 0.05) is 35.9 Å². The van der Waals surface area contributed by atoms with Crippen LogP contribution in [0, 0.1) is 5.82 Å². The number of nitrogens with two attached hydrogens (primary N) is 2. The average Bonchev–Trinajstić information content (AvgIpc) is 2.70. The number of rotatable bonds is 5. The SMILES string of the molecule is NC(=O)c1cccnc1Nc1cc(NC2CCCCC2N)c2c(F)ccnc2c1. The molecule has 8 heteroatoms. The molecule has 0 radical (unpaired) electrons. The topological polar surface area (TPSA) is 119 Å². The van der Waals surface area contributed by atoms with Crippen molar-refractivity contribution < 1.29 is 9.18 Å². The molecule has 0 spiro atoms. The summed E-state index contributed by atoms with van der Waals surface area (Å²) in [4.78, 5) is 20.2. The zero-order valence-electron chi connectivity index (χ0n) is 15.9. The van der Waals surface area contributed by atoms with Gasteiger partial charge in [0.05, 0.1) is 16.5 Å². The zero-order valence-corrected chi connectivity index (χ0v) is 15.9. The third-order valence-electron chi connectivity index (χ3n) is 5.29. The van der Waals surface area contributed by atoms with Crippen LogP contribution in [-0.2, 0) is 0 Å². The number of amides is 1. The molecule has 2 unspecified atom stereocenters. The van der Waals surface area contributed by atoms with Crippen LogP contribution in [0.1, 0.15) is 36.0 Å². The van der Waals surface area contributed by atoms with Crippen molar-refractivity contribution in [3.63, 3.8) is 0 Å². The van der Waals surface area contributed by atoms with E-state index in [1.54, 1.807) is 30.5 Å². The normalized spacial score (nSPS) is 19.1. The van der Waals surface area contributed by atoms with Gasteiger partial charge in [-0.3, -0.25) is 9.78 Å². The molecule has 1 aromatic carbocycles. The summed E-state index contributed by atoms with van der Waals surface area (Å²) >= 11 is 0. The number of pyridine rings is 2. The minimum atomic E-state index is -0.586. The van der Waals surface area contributed by atoms with Gasteiger partial charge in [-0.1, -0.05) is 12.8 Å². The second kappa shape index (κ2) is 8.00. The lowest BCUT2D eigenvalue weighted by molar-refractivity contribution is 0.100. The Balaban J connectivity index is 1.75. The van der Waals surface area contributed by atoms with Gasteiger partial charge in [0.2, 0.25) is 0 Å². The van der Waals surface area contributed by atoms with Gasteiger partial charge < -0.3 is 22.1 Å². The first kappa shape index (κ1) is 19.1. The van der Waals surface area contributed by atoms with E-state index in [9.17, 15) is 9.18 Å². The van der Waals surface area contributed by atoms with Gasteiger partial charge >= 0.3 is 0 Å². The van der Waals surface area contributed by atoms with E-state index in [0.717, 1.165) is 25.7 Å². The summed E-state index contributed by atoms with van der Waals surface area (Å²) in [5.41, 5.74) is 13.7. The highest BCUT2D eigenvalue weighted by atomic mass is 19.1. The molecular weight excluding hydrogens is 371 g/mol. The predicted molar refractivity (Wildman–Crippen MR) is 112 cm³/mol. The van der Waals surface area contributed by atoms with Gasteiger partial charge in [-0.25, -0.2) is 9.37 Å². The molecule has 0 aliphatic heterocycles. The lowest BCUT2D eigenvalue weighted by Crippen LogP contribution is -2.42. The maximum Gasteiger partial charge on any atom is 0.252 e. The van der Waals surface area contributed by atoms with Crippen molar-refractivity contribution in [2.45, 2.75) is 37.8 Å². The van der Waals surface area contributed by atoms with Crippen LogP contribution in [0.5, 0.6) is 0 Å². The molecule has 4 rings (SSSR count). The van der Waals surface area contributed by atoms with E-state index >= 15 is 0 Å². The van der Waals surface area contributed by atoms with E-state index in [1.807, 2.05) is 0 Å². The lowest BCUT2D eigenvalue weighted by atomic mass is 9.90. The molecular formula is C21H23FN6O. The van der Waals surface area contributed by atoms with E-state index in [1.165, 1.54) is 12.3 Å². The van der Waals surface area contributed by atoms with E-state index in [2.05, 4.69) is 20.6 Å². The predicted octanol–water partition coefficient (Wildman–Crippen LogP) is 3.29. The summed E-state index contributed by atoms with van der Waals surface area (Å²) in [7, 11) is 0. The average molecular weight is 394 g/mol. The summed E-state index contributed by atoms with van der Waals surface area (Å²) in [6.45, 7) is 0. The molecule has 3 aromatic rings. The first-order valence-corrected chi connectivity index (χ1v) is 9.65. The van der Waals surface area contributed by atoms with Crippen molar-refractivity contribution in [1.29, 1.82) is 0 Å². The third-order valence-corrected chi connectivity index (χ3v) is 5.29. The summed E-state index contributed by atoms with van der Waals surface area (Å²) < 4.78 is 14.6. The molecule has 29 heavy (non-hydrogen) atoms. The molecule has 0 bridgehead atoms. The van der Waals surface area contributed by atoms with E-state index in [-0.39, 0.29) is 23.5 Å². The number of nitrogens with one attached hydrogen (secondary N) is 2. The van der Waals surface area contributed by atoms with Crippen molar-refractivity contribution in [1.82, 2.24) is 9.97 Å². The Hall–Kier alpha value is -3.26. The minimum absolute atomic E-state index is 0.00685. The maximum absolute atomic E-state index is 14.6. The van der Waals surface area contributed by atoms with Gasteiger partial charge in [0.25, 0.3) is 5.91 Å². The van der Waals surface area contributed by atoms with Crippen molar-refractivity contribution in [3.05, 3.63) is 54.1 Å². The van der Waals surface area contributed by atoms with Crippen molar-refractivity contribution >= 4 is 34.0 Å². The molecule has 6 N–H and O–H groups in total. The molecule has 0 saturated heterocycles. The first-order chi connectivity index (χ1) is 14.0. The summed E-state index contributed by atoms with van der Waals surface area (Å²) in [5.74, 6) is -0.614. The van der Waals surface area contributed by atoms with Crippen LogP contribution in [-0.4, -0.2) is 28.0 Å². The lowest BCUT2D eigenvalue weighted by Gasteiger charge is -2.30. The molecule has 7 nitrogen and oxygen atoms in total. The quantitative estimate of drug-likeness (QED) is 0.527. The number of hydrogen-bond donors (Lipinski definition) is 4. The van der Waals surface area contributed by atoms with Crippen LogP contribution < -0.4 is 22.1 Å². The number of hydrogen-bond acceptors (Lipinski definition) is 6. The van der Waals surface area contributed by atoms with Gasteiger partial charge in [0.15, 0.2) is 0 Å². The Kier molecular flexibility index (Phi) is 5.26. The summed E-state index contributed by atoms with van der Waals surface area (Å²) in [6, 6.07) is 8.13.